The zero-order valence-electron chi connectivity index (χ0n) is 16.1. The fourth-order valence-corrected chi connectivity index (χ4v) is 4.10. The first-order valence-electron chi connectivity index (χ1n) is 9.40. The average Bonchev–Trinajstić information content (AvgIpc) is 3.02. The molecule has 28 heavy (non-hydrogen) atoms. The number of hydrogen-bond donors (Lipinski definition) is 0. The molecule has 0 saturated carbocycles. The highest BCUT2D eigenvalue weighted by molar-refractivity contribution is 5.79. The van der Waals surface area contributed by atoms with Crippen molar-refractivity contribution in [3.05, 3.63) is 77.9 Å². The van der Waals surface area contributed by atoms with Crippen molar-refractivity contribution >= 4 is 5.57 Å². The van der Waals surface area contributed by atoms with E-state index in [2.05, 4.69) is 12.1 Å². The van der Waals surface area contributed by atoms with Crippen LogP contribution in [0.3, 0.4) is 0 Å². The fraction of sp³-hybridized carbons (Fsp3) is 0.333. The van der Waals surface area contributed by atoms with E-state index in [1.807, 2.05) is 80.6 Å². The third kappa shape index (κ3) is 2.66. The fourth-order valence-electron chi connectivity index (χ4n) is 4.10. The predicted molar refractivity (Wildman–Crippen MR) is 106 cm³/mol. The van der Waals surface area contributed by atoms with Gasteiger partial charge in [0.2, 0.25) is 11.2 Å². The molecule has 0 amide bonds. The Labute approximate surface area is 165 Å². The topological polar surface area (TPSA) is 66.0 Å². The minimum Gasteiger partial charge on any atom is -0.344 e. The van der Waals surface area contributed by atoms with Crippen LogP contribution in [0.15, 0.2) is 66.7 Å². The van der Waals surface area contributed by atoms with Crippen LogP contribution in [0.4, 0.5) is 0 Å². The molecule has 1 aliphatic heterocycles. The molecule has 1 spiro atoms. The lowest BCUT2D eigenvalue weighted by atomic mass is 9.69. The number of hydrogen-bond acceptors (Lipinski definition) is 4. The highest BCUT2D eigenvalue weighted by atomic mass is 16.7. The average molecular weight is 370 g/mol. The second-order valence-corrected chi connectivity index (χ2v) is 8.25. The first kappa shape index (κ1) is 18.4. The molecule has 1 unspecified atom stereocenters. The molecule has 1 aliphatic carbocycles. The van der Waals surface area contributed by atoms with Crippen LogP contribution in [0.2, 0.25) is 0 Å². The van der Waals surface area contributed by atoms with Gasteiger partial charge in [-0.1, -0.05) is 74.5 Å². The number of nitriles is 2. The van der Waals surface area contributed by atoms with Crippen LogP contribution in [0.5, 0.6) is 0 Å². The van der Waals surface area contributed by atoms with E-state index in [9.17, 15) is 10.5 Å². The summed E-state index contributed by atoms with van der Waals surface area (Å²) in [5.74, 6) is -1.87. The SMILES string of the molecule is CC1(C)COC2(C=C(c3ccccc3)C(c3ccccc3)C2(C#N)C#N)OC1. The molecule has 4 rings (SSSR count). The number of rotatable bonds is 2. The van der Waals surface area contributed by atoms with E-state index in [-0.39, 0.29) is 5.41 Å². The van der Waals surface area contributed by atoms with Gasteiger partial charge in [-0.05, 0) is 22.8 Å². The largest absolute Gasteiger partial charge is 0.344 e. The second-order valence-electron chi connectivity index (χ2n) is 8.25. The van der Waals surface area contributed by atoms with Gasteiger partial charge in [0.1, 0.15) is 0 Å². The number of allylic oxidation sites excluding steroid dienone is 1. The third-order valence-electron chi connectivity index (χ3n) is 5.59. The van der Waals surface area contributed by atoms with E-state index in [1.165, 1.54) is 0 Å². The third-order valence-corrected chi connectivity index (χ3v) is 5.59. The summed E-state index contributed by atoms with van der Waals surface area (Å²) in [7, 11) is 0. The van der Waals surface area contributed by atoms with Gasteiger partial charge < -0.3 is 9.47 Å². The molecule has 2 aliphatic rings. The van der Waals surface area contributed by atoms with Crippen LogP contribution < -0.4 is 0 Å². The Morgan fingerprint density at radius 1 is 0.857 bits per heavy atom. The Kier molecular flexibility index (Phi) is 4.35. The first-order valence-corrected chi connectivity index (χ1v) is 9.40. The number of ether oxygens (including phenoxy) is 2. The Bertz CT molecular complexity index is 957. The van der Waals surface area contributed by atoms with Crippen molar-refractivity contribution in [3.63, 3.8) is 0 Å². The molecule has 2 aromatic carbocycles. The van der Waals surface area contributed by atoms with E-state index in [0.29, 0.717) is 13.2 Å². The number of benzene rings is 2. The summed E-state index contributed by atoms with van der Waals surface area (Å²) in [6.07, 6.45) is 1.86. The van der Waals surface area contributed by atoms with Gasteiger partial charge in [-0.2, -0.15) is 10.5 Å². The van der Waals surface area contributed by atoms with Crippen LogP contribution in [-0.2, 0) is 9.47 Å². The van der Waals surface area contributed by atoms with E-state index in [4.69, 9.17) is 9.47 Å². The molecule has 1 heterocycles. The monoisotopic (exact) mass is 370 g/mol. The summed E-state index contributed by atoms with van der Waals surface area (Å²) in [4.78, 5) is 0. The van der Waals surface area contributed by atoms with Crippen molar-refractivity contribution in [1.82, 2.24) is 0 Å². The summed E-state index contributed by atoms with van der Waals surface area (Å²) in [5.41, 5.74) is 1.05. The molecule has 140 valence electrons. The maximum Gasteiger partial charge on any atom is 0.222 e. The van der Waals surface area contributed by atoms with Gasteiger partial charge in [-0.3, -0.25) is 0 Å². The van der Waals surface area contributed by atoms with E-state index >= 15 is 0 Å². The van der Waals surface area contributed by atoms with Crippen molar-refractivity contribution < 1.29 is 9.47 Å². The summed E-state index contributed by atoms with van der Waals surface area (Å²) < 4.78 is 12.4. The summed E-state index contributed by atoms with van der Waals surface area (Å²) in [6.45, 7) is 4.92. The van der Waals surface area contributed by atoms with Crippen molar-refractivity contribution in [2.45, 2.75) is 25.6 Å². The smallest absolute Gasteiger partial charge is 0.222 e. The van der Waals surface area contributed by atoms with E-state index < -0.39 is 17.1 Å². The van der Waals surface area contributed by atoms with Gasteiger partial charge in [-0.15, -0.1) is 0 Å². The first-order chi connectivity index (χ1) is 13.5. The Hall–Kier alpha value is -2.92. The zero-order chi connectivity index (χ0) is 19.8. The van der Waals surface area contributed by atoms with Crippen LogP contribution in [0.25, 0.3) is 5.57 Å². The normalized spacial score (nSPS) is 24.1. The van der Waals surface area contributed by atoms with Crippen molar-refractivity contribution in [1.29, 1.82) is 10.5 Å². The molecule has 2 aromatic rings. The van der Waals surface area contributed by atoms with Gasteiger partial charge in [0.05, 0.1) is 25.4 Å². The minimum atomic E-state index is -1.52. The standard InChI is InChI=1S/C24H22N2O2/c1-22(2)16-27-24(28-17-22)13-20(18-9-5-3-6-10-18)21(23(24,14-25)15-26)19-11-7-4-8-12-19/h3-13,21H,16-17H2,1-2H3. The maximum atomic E-state index is 10.3. The Morgan fingerprint density at radius 2 is 1.39 bits per heavy atom. The van der Waals surface area contributed by atoms with Crippen LogP contribution >= 0.6 is 0 Å². The summed E-state index contributed by atoms with van der Waals surface area (Å²) in [6, 6.07) is 24.1. The Morgan fingerprint density at radius 3 is 1.93 bits per heavy atom. The molecule has 1 fully saturated rings. The van der Waals surface area contributed by atoms with Gasteiger partial charge in [0, 0.05) is 11.3 Å². The lowest BCUT2D eigenvalue weighted by Gasteiger charge is -2.45. The van der Waals surface area contributed by atoms with Gasteiger partial charge in [0.25, 0.3) is 0 Å². The molecule has 1 saturated heterocycles. The van der Waals surface area contributed by atoms with Crippen LogP contribution in [0, 0.1) is 33.5 Å². The predicted octanol–water partition coefficient (Wildman–Crippen LogP) is 4.67. The summed E-state index contributed by atoms with van der Waals surface area (Å²) >= 11 is 0. The molecule has 0 aromatic heterocycles. The van der Waals surface area contributed by atoms with Crippen molar-refractivity contribution in [2.24, 2.45) is 10.8 Å². The molecule has 1 atom stereocenters. The lowest BCUT2D eigenvalue weighted by molar-refractivity contribution is -0.297. The van der Waals surface area contributed by atoms with Crippen LogP contribution in [-0.4, -0.2) is 19.0 Å². The maximum absolute atomic E-state index is 10.3. The zero-order valence-corrected chi connectivity index (χ0v) is 16.1. The van der Waals surface area contributed by atoms with Gasteiger partial charge in [0.15, 0.2) is 0 Å². The number of nitrogens with zero attached hydrogens (tertiary/aromatic N) is 2. The van der Waals surface area contributed by atoms with Crippen molar-refractivity contribution in [2.75, 3.05) is 13.2 Å². The highest BCUT2D eigenvalue weighted by Gasteiger charge is 2.66. The van der Waals surface area contributed by atoms with Crippen LogP contribution in [0.1, 0.15) is 30.9 Å². The molecule has 0 N–H and O–H groups in total. The minimum absolute atomic E-state index is 0.173. The molecule has 0 bridgehead atoms. The molecular weight excluding hydrogens is 348 g/mol. The lowest BCUT2D eigenvalue weighted by Crippen LogP contribution is -2.55. The van der Waals surface area contributed by atoms with E-state index in [1.54, 1.807) is 0 Å². The molecule has 0 radical (unpaired) electrons. The quantitative estimate of drug-likeness (QED) is 0.770. The van der Waals surface area contributed by atoms with Gasteiger partial charge >= 0.3 is 0 Å². The summed E-state index contributed by atoms with van der Waals surface area (Å²) in [5, 5.41) is 20.6. The highest BCUT2D eigenvalue weighted by Crippen LogP contribution is 2.60. The molecular formula is C24H22N2O2. The Balaban J connectivity index is 1.94. The van der Waals surface area contributed by atoms with Crippen molar-refractivity contribution in [3.8, 4) is 12.1 Å². The van der Waals surface area contributed by atoms with E-state index in [0.717, 1.165) is 16.7 Å². The molecule has 4 heteroatoms. The molecule has 4 nitrogen and oxygen atoms in total. The van der Waals surface area contributed by atoms with Gasteiger partial charge in [-0.25, -0.2) is 0 Å². The second kappa shape index (κ2) is 6.60.